The maximum atomic E-state index is 5.93. The second kappa shape index (κ2) is 9.53. The minimum Gasteiger partial charge on any atom is -0.490 e. The molecule has 5 heteroatoms. The van der Waals surface area contributed by atoms with E-state index in [-0.39, 0.29) is 5.92 Å². The molecule has 1 aromatic carbocycles. The maximum absolute atomic E-state index is 5.93. The number of nitrogens with two attached hydrogens (primary N) is 1. The summed E-state index contributed by atoms with van der Waals surface area (Å²) in [5.74, 6) is 1.88. The average molecular weight is 334 g/mol. The van der Waals surface area contributed by atoms with E-state index in [4.69, 9.17) is 15.2 Å². The number of rotatable bonds is 10. The van der Waals surface area contributed by atoms with Gasteiger partial charge in [0.2, 0.25) is 0 Å². The summed E-state index contributed by atoms with van der Waals surface area (Å²) in [6, 6.07) is 6.17. The zero-order valence-electron chi connectivity index (χ0n) is 14.0. The number of hydrogen-bond acceptors (Lipinski definition) is 5. The van der Waals surface area contributed by atoms with E-state index in [0.717, 1.165) is 42.4 Å². The van der Waals surface area contributed by atoms with Crippen molar-refractivity contribution in [2.75, 3.05) is 19.8 Å². The van der Waals surface area contributed by atoms with Gasteiger partial charge >= 0.3 is 0 Å². The lowest BCUT2D eigenvalue weighted by Gasteiger charge is -2.16. The molecule has 0 fully saturated rings. The van der Waals surface area contributed by atoms with Crippen LogP contribution in [0, 0.1) is 0 Å². The number of unbranched alkanes of at least 4 members (excludes halogenated alkanes) is 1. The van der Waals surface area contributed by atoms with Crippen molar-refractivity contribution in [3.63, 3.8) is 0 Å². The molecule has 2 rings (SSSR count). The third-order valence-corrected chi connectivity index (χ3v) is 4.57. The van der Waals surface area contributed by atoms with Crippen molar-refractivity contribution in [2.24, 2.45) is 5.73 Å². The molecule has 1 heterocycles. The van der Waals surface area contributed by atoms with Crippen LogP contribution in [0.15, 0.2) is 29.8 Å². The Bertz CT molecular complexity index is 572. The third kappa shape index (κ3) is 5.22. The first kappa shape index (κ1) is 17.8. The van der Waals surface area contributed by atoms with Gasteiger partial charge in [0.05, 0.1) is 18.2 Å². The molecule has 2 N–H and O–H groups in total. The second-order valence-corrected chi connectivity index (χ2v) is 6.35. The van der Waals surface area contributed by atoms with E-state index in [2.05, 4.69) is 24.0 Å². The lowest BCUT2D eigenvalue weighted by atomic mass is 9.99. The van der Waals surface area contributed by atoms with Crippen molar-refractivity contribution in [3.05, 3.63) is 40.3 Å². The average Bonchev–Trinajstić information content (AvgIpc) is 3.09. The summed E-state index contributed by atoms with van der Waals surface area (Å²) in [6.45, 7) is 6.08. The Labute approximate surface area is 142 Å². The highest BCUT2D eigenvalue weighted by molar-refractivity contribution is 7.09. The number of thiazole rings is 1. The van der Waals surface area contributed by atoms with Gasteiger partial charge in [-0.25, -0.2) is 4.98 Å². The Morgan fingerprint density at radius 1 is 1.22 bits per heavy atom. The minimum atomic E-state index is 0.247. The molecule has 1 unspecified atom stereocenters. The molecule has 0 amide bonds. The first-order valence-electron chi connectivity index (χ1n) is 8.26. The normalized spacial score (nSPS) is 12.1. The topological polar surface area (TPSA) is 57.4 Å². The minimum absolute atomic E-state index is 0.247. The van der Waals surface area contributed by atoms with Gasteiger partial charge in [-0.15, -0.1) is 11.3 Å². The van der Waals surface area contributed by atoms with Gasteiger partial charge < -0.3 is 15.2 Å². The molecule has 0 saturated carbocycles. The van der Waals surface area contributed by atoms with Gasteiger partial charge in [-0.1, -0.05) is 19.4 Å². The summed E-state index contributed by atoms with van der Waals surface area (Å²) in [7, 11) is 0. The van der Waals surface area contributed by atoms with Crippen LogP contribution in [0.1, 0.15) is 43.2 Å². The van der Waals surface area contributed by atoms with E-state index >= 15 is 0 Å². The number of nitrogens with zero attached hydrogens (tertiary/aromatic N) is 1. The van der Waals surface area contributed by atoms with Crippen LogP contribution < -0.4 is 15.2 Å². The van der Waals surface area contributed by atoms with Gasteiger partial charge in [-0.05, 0) is 37.5 Å². The molecular weight excluding hydrogens is 308 g/mol. The van der Waals surface area contributed by atoms with Crippen molar-refractivity contribution in [1.82, 2.24) is 4.98 Å². The monoisotopic (exact) mass is 334 g/mol. The number of benzene rings is 1. The molecule has 0 saturated heterocycles. The SMILES string of the molecule is CCCCOc1ccc(CC(CN)c2nccs2)cc1OCC. The quantitative estimate of drug-likeness (QED) is 0.667. The highest BCUT2D eigenvalue weighted by Gasteiger charge is 2.15. The van der Waals surface area contributed by atoms with Crippen LogP contribution in [0.25, 0.3) is 0 Å². The van der Waals surface area contributed by atoms with Gasteiger partial charge in [0.1, 0.15) is 0 Å². The van der Waals surface area contributed by atoms with Crippen molar-refractivity contribution in [2.45, 2.75) is 39.0 Å². The molecule has 0 aliphatic heterocycles. The standard InChI is InChI=1S/C18H26N2O2S/c1-3-5-9-22-16-7-6-14(12-17(16)21-4-2)11-15(13-19)18-20-8-10-23-18/h6-8,10,12,15H,3-5,9,11,13,19H2,1-2H3. The highest BCUT2D eigenvalue weighted by Crippen LogP contribution is 2.31. The molecule has 0 radical (unpaired) electrons. The van der Waals surface area contributed by atoms with Crippen LogP contribution >= 0.6 is 11.3 Å². The van der Waals surface area contributed by atoms with Gasteiger partial charge in [0, 0.05) is 24.0 Å². The smallest absolute Gasteiger partial charge is 0.161 e. The fourth-order valence-electron chi connectivity index (χ4n) is 2.39. The van der Waals surface area contributed by atoms with E-state index in [0.29, 0.717) is 13.2 Å². The van der Waals surface area contributed by atoms with Gasteiger partial charge in [0.15, 0.2) is 11.5 Å². The van der Waals surface area contributed by atoms with E-state index < -0.39 is 0 Å². The fraction of sp³-hybridized carbons (Fsp3) is 0.500. The van der Waals surface area contributed by atoms with Gasteiger partial charge in [0.25, 0.3) is 0 Å². The Morgan fingerprint density at radius 2 is 2.09 bits per heavy atom. The Hall–Kier alpha value is -1.59. The number of hydrogen-bond donors (Lipinski definition) is 1. The molecule has 0 aliphatic rings. The second-order valence-electron chi connectivity index (χ2n) is 5.42. The summed E-state index contributed by atoms with van der Waals surface area (Å²) in [5.41, 5.74) is 7.13. The highest BCUT2D eigenvalue weighted by atomic mass is 32.1. The van der Waals surface area contributed by atoms with Crippen LogP contribution in [0.4, 0.5) is 0 Å². The molecule has 23 heavy (non-hydrogen) atoms. The molecule has 0 bridgehead atoms. The van der Waals surface area contributed by atoms with Crippen molar-refractivity contribution < 1.29 is 9.47 Å². The fourth-order valence-corrected chi connectivity index (χ4v) is 3.14. The zero-order chi connectivity index (χ0) is 16.5. The van der Waals surface area contributed by atoms with E-state index in [1.165, 1.54) is 5.56 Å². The third-order valence-electron chi connectivity index (χ3n) is 3.63. The first-order valence-corrected chi connectivity index (χ1v) is 9.14. The lowest BCUT2D eigenvalue weighted by molar-refractivity contribution is 0.272. The molecule has 0 spiro atoms. The molecule has 126 valence electrons. The summed E-state index contributed by atoms with van der Waals surface area (Å²) in [4.78, 5) is 4.39. The van der Waals surface area contributed by atoms with Crippen LogP contribution in [-0.4, -0.2) is 24.7 Å². The van der Waals surface area contributed by atoms with E-state index in [9.17, 15) is 0 Å². The van der Waals surface area contributed by atoms with Crippen molar-refractivity contribution in [3.8, 4) is 11.5 Å². The molecule has 2 aromatic rings. The molecular formula is C18H26N2O2S. The van der Waals surface area contributed by atoms with E-state index in [1.54, 1.807) is 11.3 Å². The summed E-state index contributed by atoms with van der Waals surface area (Å²) in [5, 5.41) is 3.09. The predicted octanol–water partition coefficient (Wildman–Crippen LogP) is 4.01. The summed E-state index contributed by atoms with van der Waals surface area (Å²) < 4.78 is 11.6. The van der Waals surface area contributed by atoms with Crippen LogP contribution in [-0.2, 0) is 6.42 Å². The summed E-state index contributed by atoms with van der Waals surface area (Å²) in [6.07, 6.45) is 4.86. The molecule has 1 atom stereocenters. The Kier molecular flexibility index (Phi) is 7.36. The van der Waals surface area contributed by atoms with Gasteiger partial charge in [-0.2, -0.15) is 0 Å². The largest absolute Gasteiger partial charge is 0.490 e. The van der Waals surface area contributed by atoms with Crippen LogP contribution in [0.5, 0.6) is 11.5 Å². The van der Waals surface area contributed by atoms with E-state index in [1.807, 2.05) is 24.6 Å². The van der Waals surface area contributed by atoms with Crippen molar-refractivity contribution >= 4 is 11.3 Å². The molecule has 4 nitrogen and oxygen atoms in total. The first-order chi connectivity index (χ1) is 11.3. The Balaban J connectivity index is 2.11. The molecule has 1 aromatic heterocycles. The Morgan fingerprint density at radius 3 is 2.74 bits per heavy atom. The zero-order valence-corrected chi connectivity index (χ0v) is 14.8. The lowest BCUT2D eigenvalue weighted by Crippen LogP contribution is -2.15. The number of aromatic nitrogens is 1. The van der Waals surface area contributed by atoms with Gasteiger partial charge in [-0.3, -0.25) is 0 Å². The number of ether oxygens (including phenoxy) is 2. The van der Waals surface area contributed by atoms with Crippen LogP contribution in [0.2, 0.25) is 0 Å². The molecule has 0 aliphatic carbocycles. The summed E-state index contributed by atoms with van der Waals surface area (Å²) >= 11 is 1.66. The van der Waals surface area contributed by atoms with Crippen LogP contribution in [0.3, 0.4) is 0 Å². The maximum Gasteiger partial charge on any atom is 0.161 e. The predicted molar refractivity (Wildman–Crippen MR) is 95.6 cm³/mol. The van der Waals surface area contributed by atoms with Crippen molar-refractivity contribution in [1.29, 1.82) is 0 Å².